The molecule has 0 aliphatic heterocycles. The number of hydrogen-bond acceptors (Lipinski definition) is 4. The number of benzene rings is 2. The summed E-state index contributed by atoms with van der Waals surface area (Å²) in [5.41, 5.74) is 0.368. The number of nitrogens with zero attached hydrogens (tertiary/aromatic N) is 2. The highest BCUT2D eigenvalue weighted by molar-refractivity contribution is 7.92. The van der Waals surface area contributed by atoms with Gasteiger partial charge < -0.3 is 10.2 Å². The number of nitrogens with one attached hydrogen (secondary N) is 1. The third-order valence-corrected chi connectivity index (χ3v) is 8.09. The Morgan fingerprint density at radius 3 is 2.36 bits per heavy atom. The lowest BCUT2D eigenvalue weighted by Crippen LogP contribution is -2.53. The minimum atomic E-state index is -4.02. The average molecular weight is 559 g/mol. The Bertz CT molecular complexity index is 1210. The molecular weight excluding hydrogens is 528 g/mol. The molecule has 0 radical (unpaired) electrons. The lowest BCUT2D eigenvalue weighted by atomic mass is 10.1. The van der Waals surface area contributed by atoms with Crippen molar-refractivity contribution >= 4 is 50.7 Å². The molecule has 11 heteroatoms. The van der Waals surface area contributed by atoms with Gasteiger partial charge in [-0.15, -0.1) is 0 Å². The molecule has 1 unspecified atom stereocenters. The number of rotatable bonds is 10. The van der Waals surface area contributed by atoms with Gasteiger partial charge in [-0.25, -0.2) is 12.8 Å². The van der Waals surface area contributed by atoms with Gasteiger partial charge in [0.1, 0.15) is 18.4 Å². The number of halogens is 3. The van der Waals surface area contributed by atoms with E-state index in [0.717, 1.165) is 38.0 Å². The summed E-state index contributed by atoms with van der Waals surface area (Å²) >= 11 is 12.2. The van der Waals surface area contributed by atoms with Crippen LogP contribution in [0.25, 0.3) is 0 Å². The molecule has 0 saturated heterocycles. The van der Waals surface area contributed by atoms with Gasteiger partial charge in [0.05, 0.1) is 22.0 Å². The normalized spacial score (nSPS) is 14.9. The summed E-state index contributed by atoms with van der Waals surface area (Å²) in [5.74, 6) is -1.74. The fourth-order valence-electron chi connectivity index (χ4n) is 4.37. The van der Waals surface area contributed by atoms with Gasteiger partial charge in [0, 0.05) is 12.6 Å². The number of sulfonamides is 1. The van der Waals surface area contributed by atoms with Gasteiger partial charge in [-0.05, 0) is 49.1 Å². The van der Waals surface area contributed by atoms with E-state index in [2.05, 4.69) is 5.32 Å². The van der Waals surface area contributed by atoms with Crippen molar-refractivity contribution in [3.63, 3.8) is 0 Å². The highest BCUT2D eigenvalue weighted by atomic mass is 35.5. The topological polar surface area (TPSA) is 86.8 Å². The second-order valence-corrected chi connectivity index (χ2v) is 11.6. The van der Waals surface area contributed by atoms with Crippen molar-refractivity contribution in [1.29, 1.82) is 0 Å². The molecule has 0 spiro atoms. The number of amides is 2. The van der Waals surface area contributed by atoms with E-state index in [0.29, 0.717) is 21.3 Å². The molecule has 196 valence electrons. The van der Waals surface area contributed by atoms with Crippen molar-refractivity contribution in [3.05, 3.63) is 63.9 Å². The highest BCUT2D eigenvalue weighted by Crippen LogP contribution is 2.26. The summed E-state index contributed by atoms with van der Waals surface area (Å²) in [6.45, 7) is 1.09. The molecule has 1 aliphatic carbocycles. The summed E-state index contributed by atoms with van der Waals surface area (Å²) < 4.78 is 40.4. The minimum Gasteiger partial charge on any atom is -0.352 e. The summed E-state index contributed by atoms with van der Waals surface area (Å²) in [6, 6.07) is 9.36. The van der Waals surface area contributed by atoms with Gasteiger partial charge in [-0.1, -0.05) is 61.2 Å². The van der Waals surface area contributed by atoms with Crippen LogP contribution in [0.1, 0.15) is 44.6 Å². The van der Waals surface area contributed by atoms with Gasteiger partial charge in [-0.3, -0.25) is 13.9 Å². The van der Waals surface area contributed by atoms with E-state index in [4.69, 9.17) is 23.2 Å². The molecule has 2 amide bonds. The second kappa shape index (κ2) is 12.3. The van der Waals surface area contributed by atoms with Crippen LogP contribution < -0.4 is 9.62 Å². The molecule has 36 heavy (non-hydrogen) atoms. The standard InChI is InChI=1S/C25H30Cl2FN3O4S/c1-3-22(25(33)29-18-8-4-5-9-18)30(15-17-12-13-19(26)20(27)14-17)24(32)16-31(36(2,34)35)23-11-7-6-10-21(23)28/h6-7,10-14,18,22H,3-5,8-9,15-16H2,1-2H3,(H,29,33). The van der Waals surface area contributed by atoms with Crippen molar-refractivity contribution < 1.29 is 22.4 Å². The molecule has 1 fully saturated rings. The molecule has 7 nitrogen and oxygen atoms in total. The third kappa shape index (κ3) is 7.11. The Kier molecular flexibility index (Phi) is 9.60. The zero-order valence-electron chi connectivity index (χ0n) is 20.2. The molecule has 2 aromatic rings. The largest absolute Gasteiger partial charge is 0.352 e. The average Bonchev–Trinajstić information content (AvgIpc) is 3.32. The zero-order valence-corrected chi connectivity index (χ0v) is 22.5. The monoisotopic (exact) mass is 557 g/mol. The first-order valence-corrected chi connectivity index (χ1v) is 14.4. The maximum absolute atomic E-state index is 14.5. The number of anilines is 1. The van der Waals surface area contributed by atoms with Crippen LogP contribution in [0, 0.1) is 5.82 Å². The number of para-hydroxylation sites is 1. The van der Waals surface area contributed by atoms with Gasteiger partial charge in [0.2, 0.25) is 21.8 Å². The molecule has 1 aliphatic rings. The number of carbonyl (C=O) groups is 2. The molecular formula is C25H30Cl2FN3O4S. The Labute approximate surface area is 221 Å². The van der Waals surface area contributed by atoms with E-state index in [-0.39, 0.29) is 29.2 Å². The van der Waals surface area contributed by atoms with Crippen molar-refractivity contribution in [2.24, 2.45) is 0 Å². The molecule has 1 N–H and O–H groups in total. The van der Waals surface area contributed by atoms with Gasteiger partial charge in [-0.2, -0.15) is 0 Å². The van der Waals surface area contributed by atoms with E-state index < -0.39 is 34.3 Å². The first kappa shape index (κ1) is 28.2. The lowest BCUT2D eigenvalue weighted by molar-refractivity contribution is -0.140. The van der Waals surface area contributed by atoms with Crippen LogP contribution in [0.3, 0.4) is 0 Å². The van der Waals surface area contributed by atoms with E-state index in [1.165, 1.54) is 23.1 Å². The fraction of sp³-hybridized carbons (Fsp3) is 0.440. The Hall–Kier alpha value is -2.36. The Morgan fingerprint density at radius 1 is 1.11 bits per heavy atom. The SMILES string of the molecule is CCC(C(=O)NC1CCCC1)N(Cc1ccc(Cl)c(Cl)c1)C(=O)CN(c1ccccc1F)S(C)(=O)=O. The Morgan fingerprint density at radius 2 is 1.78 bits per heavy atom. The zero-order chi connectivity index (χ0) is 26.5. The number of hydrogen-bond donors (Lipinski definition) is 1. The molecule has 0 bridgehead atoms. The van der Waals surface area contributed by atoms with E-state index in [9.17, 15) is 22.4 Å². The summed E-state index contributed by atoms with van der Waals surface area (Å²) in [5, 5.41) is 3.65. The van der Waals surface area contributed by atoms with Crippen LogP contribution in [0.5, 0.6) is 0 Å². The van der Waals surface area contributed by atoms with Crippen LogP contribution >= 0.6 is 23.2 Å². The summed E-state index contributed by atoms with van der Waals surface area (Å²) in [4.78, 5) is 28.2. The maximum Gasteiger partial charge on any atom is 0.244 e. The van der Waals surface area contributed by atoms with Crippen LogP contribution in [-0.2, 0) is 26.2 Å². The van der Waals surface area contributed by atoms with E-state index in [1.54, 1.807) is 25.1 Å². The summed E-state index contributed by atoms with van der Waals surface area (Å²) in [6.07, 6.45) is 5.00. The fourth-order valence-corrected chi connectivity index (χ4v) is 5.54. The first-order valence-electron chi connectivity index (χ1n) is 11.8. The van der Waals surface area contributed by atoms with Crippen LogP contribution in [0.4, 0.5) is 10.1 Å². The Balaban J connectivity index is 1.95. The predicted molar refractivity (Wildman–Crippen MR) is 140 cm³/mol. The quantitative estimate of drug-likeness (QED) is 0.456. The predicted octanol–water partition coefficient (Wildman–Crippen LogP) is 4.76. The van der Waals surface area contributed by atoms with Gasteiger partial charge in [0.15, 0.2) is 0 Å². The van der Waals surface area contributed by atoms with Gasteiger partial charge >= 0.3 is 0 Å². The molecule has 2 aromatic carbocycles. The van der Waals surface area contributed by atoms with Crippen molar-refractivity contribution in [3.8, 4) is 0 Å². The molecule has 1 atom stereocenters. The van der Waals surface area contributed by atoms with Crippen molar-refractivity contribution in [2.75, 3.05) is 17.1 Å². The second-order valence-electron chi connectivity index (χ2n) is 8.91. The van der Waals surface area contributed by atoms with Gasteiger partial charge in [0.25, 0.3) is 0 Å². The smallest absolute Gasteiger partial charge is 0.244 e. The highest BCUT2D eigenvalue weighted by Gasteiger charge is 2.33. The minimum absolute atomic E-state index is 0.0127. The number of carbonyl (C=O) groups excluding carboxylic acids is 2. The van der Waals surface area contributed by atoms with E-state index in [1.807, 2.05) is 0 Å². The van der Waals surface area contributed by atoms with Crippen molar-refractivity contribution in [2.45, 2.75) is 57.7 Å². The lowest BCUT2D eigenvalue weighted by Gasteiger charge is -2.33. The molecule has 0 aromatic heterocycles. The summed E-state index contributed by atoms with van der Waals surface area (Å²) in [7, 11) is -4.02. The molecule has 3 rings (SSSR count). The molecule has 1 saturated carbocycles. The molecule has 0 heterocycles. The van der Waals surface area contributed by atoms with Crippen LogP contribution in [-0.4, -0.2) is 50.0 Å². The first-order chi connectivity index (χ1) is 17.0. The van der Waals surface area contributed by atoms with Crippen LogP contribution in [0.15, 0.2) is 42.5 Å². The van der Waals surface area contributed by atoms with Crippen LogP contribution in [0.2, 0.25) is 10.0 Å². The van der Waals surface area contributed by atoms with E-state index >= 15 is 0 Å². The third-order valence-electron chi connectivity index (χ3n) is 6.22. The maximum atomic E-state index is 14.5. The van der Waals surface area contributed by atoms with Crippen molar-refractivity contribution in [1.82, 2.24) is 10.2 Å².